The van der Waals surface area contributed by atoms with Gasteiger partial charge in [-0.3, -0.25) is 14.4 Å². The van der Waals surface area contributed by atoms with Crippen molar-refractivity contribution in [3.05, 3.63) is 102 Å². The van der Waals surface area contributed by atoms with E-state index in [1.54, 1.807) is 25.3 Å². The smallest absolute Gasteiger partial charge is 0.408 e. The first-order chi connectivity index (χ1) is 21.6. The van der Waals surface area contributed by atoms with Crippen molar-refractivity contribution in [2.24, 2.45) is 0 Å². The summed E-state index contributed by atoms with van der Waals surface area (Å²) in [5.41, 5.74) is 2.16. The molecule has 2 heterocycles. The van der Waals surface area contributed by atoms with Crippen molar-refractivity contribution in [1.82, 2.24) is 20.9 Å². The molecule has 4 aromatic rings. The summed E-state index contributed by atoms with van der Waals surface area (Å²) in [5, 5.41) is 18.7. The molecular formula is C34H36N4O7. The standard InChI is InChI=1S/C34H36N4O7/c1-21(36-33(43)44-19-23-8-4-3-5-9-23)31(41)38-29(17-24-18-35-27-11-7-6-10-26(24)27)32(42)37-28(30(40)34(2)20-45-34)16-22-12-14-25(39)15-13-22/h3-15,18,21,28-29,35,39H,16-17,19-20H2,1-2H3,(H,36,43)(H,37,42)(H,38,41)/t21-,28+,29+,34-/m1/s1. The highest BCUT2D eigenvalue weighted by Gasteiger charge is 2.50. The molecule has 1 fully saturated rings. The molecule has 0 unspecified atom stereocenters. The summed E-state index contributed by atoms with van der Waals surface area (Å²) < 4.78 is 10.6. The molecule has 11 heteroatoms. The summed E-state index contributed by atoms with van der Waals surface area (Å²) in [6, 6.07) is 20.0. The van der Waals surface area contributed by atoms with E-state index in [0.29, 0.717) is 0 Å². The number of H-pyrrole nitrogens is 1. The number of ether oxygens (including phenoxy) is 2. The SMILES string of the molecule is C[C@@H](NC(=O)OCc1ccccc1)C(=O)N[C@@H](Cc1c[nH]c2ccccc12)C(=O)N[C@@H](Cc1ccc(O)cc1)C(=O)[C@@]1(C)CO1. The number of Topliss-reactive ketones (excluding diaryl/α,β-unsaturated/α-hetero) is 1. The van der Waals surface area contributed by atoms with Crippen LogP contribution in [0.1, 0.15) is 30.5 Å². The lowest BCUT2D eigenvalue weighted by atomic mass is 9.94. The predicted octanol–water partition coefficient (Wildman–Crippen LogP) is 3.30. The summed E-state index contributed by atoms with van der Waals surface area (Å²) in [4.78, 5) is 56.2. The molecule has 0 aliphatic carbocycles. The number of amides is 3. The van der Waals surface area contributed by atoms with Crippen molar-refractivity contribution in [3.63, 3.8) is 0 Å². The maximum Gasteiger partial charge on any atom is 0.408 e. The van der Waals surface area contributed by atoms with Gasteiger partial charge in [0.25, 0.3) is 0 Å². The number of benzene rings is 3. The first-order valence-electron chi connectivity index (χ1n) is 14.7. The number of carbonyl (C=O) groups excluding carboxylic acids is 4. The van der Waals surface area contributed by atoms with Crippen molar-refractivity contribution < 1.29 is 33.8 Å². The highest BCUT2D eigenvalue weighted by Crippen LogP contribution is 2.29. The number of phenols is 1. The molecule has 3 amide bonds. The van der Waals surface area contributed by atoms with Gasteiger partial charge in [-0.1, -0.05) is 60.7 Å². The van der Waals surface area contributed by atoms with Gasteiger partial charge >= 0.3 is 6.09 Å². The molecule has 5 rings (SSSR count). The van der Waals surface area contributed by atoms with Crippen LogP contribution < -0.4 is 16.0 Å². The summed E-state index contributed by atoms with van der Waals surface area (Å²) >= 11 is 0. The lowest BCUT2D eigenvalue weighted by Gasteiger charge is -2.25. The minimum Gasteiger partial charge on any atom is -0.508 e. The van der Waals surface area contributed by atoms with Crippen LogP contribution in [0.15, 0.2) is 85.1 Å². The largest absolute Gasteiger partial charge is 0.508 e. The number of para-hydroxylation sites is 1. The van der Waals surface area contributed by atoms with Crippen molar-refractivity contribution in [2.75, 3.05) is 6.61 Å². The summed E-state index contributed by atoms with van der Waals surface area (Å²) in [6.45, 7) is 3.43. The van der Waals surface area contributed by atoms with Gasteiger partial charge in [-0.25, -0.2) is 4.79 Å². The average molecular weight is 613 g/mol. The summed E-state index contributed by atoms with van der Waals surface area (Å²) in [5.74, 6) is -1.40. The summed E-state index contributed by atoms with van der Waals surface area (Å²) in [7, 11) is 0. The van der Waals surface area contributed by atoms with Crippen LogP contribution in [0, 0.1) is 0 Å². The first kappa shape index (κ1) is 31.3. The van der Waals surface area contributed by atoms with E-state index < -0.39 is 41.6 Å². The number of hydrogen-bond donors (Lipinski definition) is 5. The van der Waals surface area contributed by atoms with Crippen molar-refractivity contribution in [2.45, 2.75) is 57.0 Å². The van der Waals surface area contributed by atoms with Crippen LogP contribution >= 0.6 is 0 Å². The topological polar surface area (TPSA) is 162 Å². The highest BCUT2D eigenvalue weighted by molar-refractivity contribution is 5.98. The Labute approximate surface area is 260 Å². The van der Waals surface area contributed by atoms with Crippen LogP contribution in [0.2, 0.25) is 0 Å². The van der Waals surface area contributed by atoms with Gasteiger partial charge in [0.15, 0.2) is 5.78 Å². The number of carbonyl (C=O) groups is 4. The minimum atomic E-state index is -1.09. The molecule has 11 nitrogen and oxygen atoms in total. The molecular weight excluding hydrogens is 576 g/mol. The third kappa shape index (κ3) is 8.07. The van der Waals surface area contributed by atoms with Crippen LogP contribution in [0.25, 0.3) is 10.9 Å². The number of fused-ring (bicyclic) bond motifs is 1. The fourth-order valence-corrected chi connectivity index (χ4v) is 5.00. The van der Waals surface area contributed by atoms with Crippen LogP contribution in [0.3, 0.4) is 0 Å². The van der Waals surface area contributed by atoms with Crippen LogP contribution in [-0.4, -0.2) is 64.1 Å². The second kappa shape index (κ2) is 13.6. The Morgan fingerprint density at radius 2 is 1.53 bits per heavy atom. The molecule has 3 aromatic carbocycles. The molecule has 1 aliphatic rings. The van der Waals surface area contributed by atoms with Crippen LogP contribution in [-0.2, 0) is 43.3 Å². The Morgan fingerprint density at radius 3 is 2.24 bits per heavy atom. The van der Waals surface area contributed by atoms with E-state index in [1.165, 1.54) is 19.1 Å². The number of phenolic OH excluding ortho intramolecular Hbond substituents is 1. The number of rotatable bonds is 13. The number of alkyl carbamates (subject to hydrolysis) is 1. The third-order valence-corrected chi connectivity index (χ3v) is 7.78. The second-order valence-corrected chi connectivity index (χ2v) is 11.4. The molecule has 1 aromatic heterocycles. The van der Waals surface area contributed by atoms with E-state index in [0.717, 1.165) is 27.6 Å². The third-order valence-electron chi connectivity index (χ3n) is 7.78. The lowest BCUT2D eigenvalue weighted by molar-refractivity contribution is -0.133. The monoisotopic (exact) mass is 612 g/mol. The molecule has 4 atom stereocenters. The quantitative estimate of drug-likeness (QED) is 0.145. The zero-order valence-corrected chi connectivity index (χ0v) is 25.0. The van der Waals surface area contributed by atoms with E-state index in [4.69, 9.17) is 9.47 Å². The van der Waals surface area contributed by atoms with Gasteiger partial charge in [0.2, 0.25) is 11.8 Å². The molecule has 0 radical (unpaired) electrons. The average Bonchev–Trinajstić information content (AvgIpc) is 3.67. The van der Waals surface area contributed by atoms with Gasteiger partial charge in [-0.2, -0.15) is 0 Å². The van der Waals surface area contributed by atoms with Gasteiger partial charge in [0.1, 0.15) is 30.0 Å². The number of hydrogen-bond acceptors (Lipinski definition) is 7. The highest BCUT2D eigenvalue weighted by atomic mass is 16.6. The Hall–Kier alpha value is -5.16. The molecule has 0 spiro atoms. The van der Waals surface area contributed by atoms with E-state index in [-0.39, 0.29) is 37.6 Å². The van der Waals surface area contributed by atoms with Crippen LogP contribution in [0.5, 0.6) is 5.75 Å². The number of ketones is 1. The number of aromatic nitrogens is 1. The molecule has 1 aliphatic heterocycles. The van der Waals surface area contributed by atoms with E-state index in [1.807, 2.05) is 54.6 Å². The maximum absolute atomic E-state index is 13.9. The van der Waals surface area contributed by atoms with Crippen molar-refractivity contribution in [3.8, 4) is 5.75 Å². The van der Waals surface area contributed by atoms with E-state index in [2.05, 4.69) is 20.9 Å². The Balaban J connectivity index is 1.31. The van der Waals surface area contributed by atoms with E-state index >= 15 is 0 Å². The first-order valence-corrected chi connectivity index (χ1v) is 14.7. The number of nitrogens with one attached hydrogen (secondary N) is 4. The van der Waals surface area contributed by atoms with Gasteiger partial charge in [-0.15, -0.1) is 0 Å². The number of aromatic hydroxyl groups is 1. The lowest BCUT2D eigenvalue weighted by Crippen LogP contribution is -2.57. The fraction of sp³-hybridized carbons (Fsp3) is 0.294. The number of epoxide rings is 1. The fourth-order valence-electron chi connectivity index (χ4n) is 5.00. The second-order valence-electron chi connectivity index (χ2n) is 11.4. The zero-order chi connectivity index (χ0) is 32.0. The normalized spacial score (nSPS) is 17.5. The van der Waals surface area contributed by atoms with Crippen LogP contribution in [0.4, 0.5) is 4.79 Å². The molecule has 234 valence electrons. The summed E-state index contributed by atoms with van der Waals surface area (Å²) in [6.07, 6.45) is 1.26. The predicted molar refractivity (Wildman–Crippen MR) is 166 cm³/mol. The molecule has 45 heavy (non-hydrogen) atoms. The van der Waals surface area contributed by atoms with Crippen molar-refractivity contribution in [1.29, 1.82) is 0 Å². The molecule has 0 saturated carbocycles. The van der Waals surface area contributed by atoms with Gasteiger partial charge in [0, 0.05) is 23.5 Å². The maximum atomic E-state index is 13.9. The van der Waals surface area contributed by atoms with Crippen molar-refractivity contribution >= 4 is 34.6 Å². The Kier molecular flexibility index (Phi) is 9.48. The van der Waals surface area contributed by atoms with Gasteiger partial charge in [-0.05, 0) is 55.2 Å². The van der Waals surface area contributed by atoms with Gasteiger partial charge in [0.05, 0.1) is 12.6 Å². The molecule has 5 N–H and O–H groups in total. The Morgan fingerprint density at radius 1 is 0.867 bits per heavy atom. The van der Waals surface area contributed by atoms with Gasteiger partial charge < -0.3 is 35.5 Å². The zero-order valence-electron chi connectivity index (χ0n) is 25.0. The molecule has 1 saturated heterocycles. The number of aromatic amines is 1. The Bertz CT molecular complexity index is 1660. The van der Waals surface area contributed by atoms with E-state index in [9.17, 15) is 24.3 Å². The minimum absolute atomic E-state index is 0.0334. The molecule has 0 bridgehead atoms.